The predicted octanol–water partition coefficient (Wildman–Crippen LogP) is 2.08. The molecule has 2 rings (SSSR count). The van der Waals surface area contributed by atoms with Gasteiger partial charge in [0.25, 0.3) is 0 Å². The van der Waals surface area contributed by atoms with Crippen molar-refractivity contribution >= 4 is 34.8 Å². The van der Waals surface area contributed by atoms with Crippen molar-refractivity contribution in [3.8, 4) is 0 Å². The average Bonchev–Trinajstić information content (AvgIpc) is 2.29. The molecule has 1 aromatic carbocycles. The summed E-state index contributed by atoms with van der Waals surface area (Å²) in [5.74, 6) is 0.143. The van der Waals surface area contributed by atoms with E-state index in [9.17, 15) is 9.59 Å². The van der Waals surface area contributed by atoms with Crippen LogP contribution in [0.1, 0.15) is 20.3 Å². The maximum atomic E-state index is 12.1. The van der Waals surface area contributed by atoms with E-state index in [0.717, 1.165) is 10.6 Å². The van der Waals surface area contributed by atoms with Gasteiger partial charge in [-0.2, -0.15) is 0 Å². The third-order valence-corrected chi connectivity index (χ3v) is 4.02. The second kappa shape index (κ2) is 5.02. The lowest BCUT2D eigenvalue weighted by Gasteiger charge is -2.32. The number of ketones is 1. The zero-order valence-electron chi connectivity index (χ0n) is 10.5. The first-order chi connectivity index (χ1) is 8.49. The number of anilines is 2. The van der Waals surface area contributed by atoms with Crippen LogP contribution in [0.25, 0.3) is 0 Å². The number of hydrogen-bond acceptors (Lipinski definition) is 4. The Morgan fingerprint density at radius 3 is 2.89 bits per heavy atom. The summed E-state index contributed by atoms with van der Waals surface area (Å²) < 4.78 is 0. The van der Waals surface area contributed by atoms with Crippen molar-refractivity contribution in [2.24, 2.45) is 0 Å². The molecular formula is C13H16N2O2S. The second-order valence-electron chi connectivity index (χ2n) is 4.43. The molecule has 1 atom stereocenters. The van der Waals surface area contributed by atoms with E-state index in [4.69, 9.17) is 5.73 Å². The minimum Gasteiger partial charge on any atom is -0.399 e. The summed E-state index contributed by atoms with van der Waals surface area (Å²) >= 11 is 1.52. The van der Waals surface area contributed by atoms with Gasteiger partial charge < -0.3 is 10.6 Å². The fraction of sp³-hybridized carbons (Fsp3) is 0.385. The van der Waals surface area contributed by atoms with Gasteiger partial charge in [-0.25, -0.2) is 0 Å². The highest BCUT2D eigenvalue weighted by Crippen LogP contribution is 2.40. The lowest BCUT2D eigenvalue weighted by molar-refractivity contribution is -0.118. The molecule has 0 bridgehead atoms. The number of amides is 1. The van der Waals surface area contributed by atoms with Gasteiger partial charge in [-0.1, -0.05) is 0 Å². The molecule has 1 aromatic rings. The van der Waals surface area contributed by atoms with Gasteiger partial charge in [-0.15, -0.1) is 11.8 Å². The molecule has 0 aromatic heterocycles. The Balaban J connectivity index is 2.33. The van der Waals surface area contributed by atoms with Crippen molar-refractivity contribution in [3.05, 3.63) is 18.2 Å². The number of Topliss-reactive ketones (excluding diaryl/α,β-unsaturated/α-hetero) is 1. The number of thioether (sulfide) groups is 1. The zero-order valence-corrected chi connectivity index (χ0v) is 11.3. The third kappa shape index (κ3) is 2.51. The number of rotatable bonds is 3. The van der Waals surface area contributed by atoms with Gasteiger partial charge in [0.15, 0.2) is 0 Å². The minimum atomic E-state index is -0.133. The molecule has 0 aliphatic carbocycles. The van der Waals surface area contributed by atoms with Crippen molar-refractivity contribution in [1.29, 1.82) is 0 Å². The highest BCUT2D eigenvalue weighted by Gasteiger charge is 2.30. The minimum absolute atomic E-state index is 0.0542. The van der Waals surface area contributed by atoms with Gasteiger partial charge >= 0.3 is 0 Å². The van der Waals surface area contributed by atoms with Gasteiger partial charge in [-0.3, -0.25) is 9.59 Å². The van der Waals surface area contributed by atoms with Gasteiger partial charge in [0.1, 0.15) is 5.78 Å². The van der Waals surface area contributed by atoms with Gasteiger partial charge in [0, 0.05) is 23.5 Å². The number of carbonyl (C=O) groups is 2. The van der Waals surface area contributed by atoms with E-state index in [0.29, 0.717) is 18.7 Å². The van der Waals surface area contributed by atoms with E-state index in [1.54, 1.807) is 11.0 Å². The standard InChI is InChI=1S/C13H16N2O2S/c1-8(16)5-6-15-11-4-3-10(14)7-12(11)18-9(2)13(15)17/h3-4,7,9H,5-6,14H2,1-2H3. The first-order valence-corrected chi connectivity index (χ1v) is 6.74. The molecule has 0 radical (unpaired) electrons. The Hall–Kier alpha value is -1.49. The second-order valence-corrected chi connectivity index (χ2v) is 5.81. The molecule has 18 heavy (non-hydrogen) atoms. The summed E-state index contributed by atoms with van der Waals surface area (Å²) in [6.45, 7) is 3.85. The first-order valence-electron chi connectivity index (χ1n) is 5.86. The van der Waals surface area contributed by atoms with Gasteiger partial charge in [-0.05, 0) is 32.0 Å². The van der Waals surface area contributed by atoms with Gasteiger partial charge in [0.2, 0.25) is 5.91 Å². The van der Waals surface area contributed by atoms with Crippen LogP contribution in [-0.2, 0) is 9.59 Å². The lowest BCUT2D eigenvalue weighted by Crippen LogP contribution is -2.40. The Morgan fingerprint density at radius 1 is 1.50 bits per heavy atom. The van der Waals surface area contributed by atoms with E-state index in [1.807, 2.05) is 19.1 Å². The lowest BCUT2D eigenvalue weighted by atomic mass is 10.2. The van der Waals surface area contributed by atoms with Crippen molar-refractivity contribution < 1.29 is 9.59 Å². The molecule has 1 heterocycles. The average molecular weight is 264 g/mol. The van der Waals surface area contributed by atoms with Crippen LogP contribution in [0.4, 0.5) is 11.4 Å². The topological polar surface area (TPSA) is 63.4 Å². The molecule has 0 saturated carbocycles. The normalized spacial score (nSPS) is 18.7. The number of hydrogen-bond donors (Lipinski definition) is 1. The molecule has 1 unspecified atom stereocenters. The monoisotopic (exact) mass is 264 g/mol. The molecule has 4 nitrogen and oxygen atoms in total. The summed E-state index contributed by atoms with van der Waals surface area (Å²) in [5.41, 5.74) is 7.31. The van der Waals surface area contributed by atoms with Crippen LogP contribution in [0.2, 0.25) is 0 Å². The Kier molecular flexibility index (Phi) is 3.61. The zero-order chi connectivity index (χ0) is 13.3. The van der Waals surface area contributed by atoms with Crippen LogP contribution < -0.4 is 10.6 Å². The molecular weight excluding hydrogens is 248 g/mol. The SMILES string of the molecule is CC(=O)CCN1C(=O)C(C)Sc2cc(N)ccc21. The maximum Gasteiger partial charge on any atom is 0.240 e. The van der Waals surface area contributed by atoms with E-state index in [-0.39, 0.29) is 16.9 Å². The molecule has 96 valence electrons. The fourth-order valence-electron chi connectivity index (χ4n) is 1.93. The molecule has 1 amide bonds. The van der Waals surface area contributed by atoms with Crippen LogP contribution in [0, 0.1) is 0 Å². The summed E-state index contributed by atoms with van der Waals surface area (Å²) in [5, 5.41) is -0.133. The summed E-state index contributed by atoms with van der Waals surface area (Å²) in [6, 6.07) is 5.51. The number of nitrogen functional groups attached to an aromatic ring is 1. The van der Waals surface area contributed by atoms with Crippen LogP contribution in [0.15, 0.2) is 23.1 Å². The van der Waals surface area contributed by atoms with E-state index < -0.39 is 0 Å². The van der Waals surface area contributed by atoms with Crippen molar-refractivity contribution in [2.75, 3.05) is 17.2 Å². The molecule has 0 saturated heterocycles. The highest BCUT2D eigenvalue weighted by atomic mass is 32.2. The molecule has 0 fully saturated rings. The number of benzene rings is 1. The van der Waals surface area contributed by atoms with Crippen molar-refractivity contribution in [1.82, 2.24) is 0 Å². The van der Waals surface area contributed by atoms with Crippen molar-refractivity contribution in [3.63, 3.8) is 0 Å². The number of fused-ring (bicyclic) bond motifs is 1. The molecule has 0 spiro atoms. The smallest absolute Gasteiger partial charge is 0.240 e. The molecule has 1 aliphatic heterocycles. The van der Waals surface area contributed by atoms with E-state index in [2.05, 4.69) is 0 Å². The van der Waals surface area contributed by atoms with Crippen molar-refractivity contribution in [2.45, 2.75) is 30.4 Å². The molecule has 1 aliphatic rings. The fourth-order valence-corrected chi connectivity index (χ4v) is 3.04. The Labute approximate surface area is 111 Å². The molecule has 5 heteroatoms. The van der Waals surface area contributed by atoms with E-state index in [1.165, 1.54) is 18.7 Å². The highest BCUT2D eigenvalue weighted by molar-refractivity contribution is 8.01. The maximum absolute atomic E-state index is 12.1. The first kappa shape index (κ1) is 13.0. The van der Waals surface area contributed by atoms with Crippen LogP contribution >= 0.6 is 11.8 Å². The Bertz CT molecular complexity index is 502. The molecule has 2 N–H and O–H groups in total. The predicted molar refractivity (Wildman–Crippen MR) is 73.8 cm³/mol. The van der Waals surface area contributed by atoms with E-state index >= 15 is 0 Å². The Morgan fingerprint density at radius 2 is 2.22 bits per heavy atom. The van der Waals surface area contributed by atoms with Crippen LogP contribution in [-0.4, -0.2) is 23.5 Å². The largest absolute Gasteiger partial charge is 0.399 e. The summed E-state index contributed by atoms with van der Waals surface area (Å²) in [4.78, 5) is 25.9. The summed E-state index contributed by atoms with van der Waals surface area (Å²) in [7, 11) is 0. The number of nitrogens with zero attached hydrogens (tertiary/aromatic N) is 1. The van der Waals surface area contributed by atoms with Gasteiger partial charge in [0.05, 0.1) is 10.9 Å². The van der Waals surface area contributed by atoms with Crippen LogP contribution in [0.3, 0.4) is 0 Å². The third-order valence-electron chi connectivity index (χ3n) is 2.88. The quantitative estimate of drug-likeness (QED) is 0.849. The van der Waals surface area contributed by atoms with Crippen LogP contribution in [0.5, 0.6) is 0 Å². The number of carbonyl (C=O) groups excluding carboxylic acids is 2. The number of nitrogens with two attached hydrogens (primary N) is 1. The summed E-state index contributed by atoms with van der Waals surface area (Å²) in [6.07, 6.45) is 0.382.